The number of urea groups is 1. The van der Waals surface area contributed by atoms with Gasteiger partial charge in [-0.25, -0.2) is 4.79 Å². The summed E-state index contributed by atoms with van der Waals surface area (Å²) in [4.78, 5) is 19.7. The molecule has 6 heteroatoms. The number of hydrogen-bond donors (Lipinski definition) is 2. The Bertz CT molecular complexity index is 149. The second-order valence-corrected chi connectivity index (χ2v) is 1.57. The van der Waals surface area contributed by atoms with Crippen LogP contribution in [-0.4, -0.2) is 28.8 Å². The molecule has 0 spiro atoms. The molecule has 0 atom stereocenters. The standard InChI is InChI=1S/C4H7FN2O3/c5-7(4(6)10)2-1-3(8)9/h1-2H2,(H2,6,10)(H,8,9). The zero-order chi connectivity index (χ0) is 8.15. The van der Waals surface area contributed by atoms with Gasteiger partial charge in [0.05, 0.1) is 13.0 Å². The maximum Gasteiger partial charge on any atom is 0.342 e. The molecule has 0 bridgehead atoms. The molecule has 0 aromatic heterocycles. The molecule has 0 aliphatic heterocycles. The van der Waals surface area contributed by atoms with Crippen LogP contribution in [0.2, 0.25) is 0 Å². The molecule has 0 heterocycles. The zero-order valence-corrected chi connectivity index (χ0v) is 5.08. The fourth-order valence-electron chi connectivity index (χ4n) is 0.304. The number of carboxylic acid groups (broad SMARTS) is 1. The van der Waals surface area contributed by atoms with Crippen LogP contribution < -0.4 is 5.73 Å². The van der Waals surface area contributed by atoms with E-state index in [1.54, 1.807) is 0 Å². The first-order valence-electron chi connectivity index (χ1n) is 2.48. The van der Waals surface area contributed by atoms with Crippen molar-refractivity contribution in [1.29, 1.82) is 0 Å². The van der Waals surface area contributed by atoms with E-state index in [9.17, 15) is 14.1 Å². The molecule has 0 aromatic rings. The summed E-state index contributed by atoms with van der Waals surface area (Å²) in [5, 5.41) is 7.65. The first-order valence-corrected chi connectivity index (χ1v) is 2.48. The second-order valence-electron chi connectivity index (χ2n) is 1.57. The molecule has 3 N–H and O–H groups in total. The van der Waals surface area contributed by atoms with E-state index in [1.807, 2.05) is 0 Å². The Morgan fingerprint density at radius 1 is 1.60 bits per heavy atom. The van der Waals surface area contributed by atoms with Gasteiger partial charge in [-0.1, -0.05) is 4.48 Å². The van der Waals surface area contributed by atoms with Gasteiger partial charge in [0.2, 0.25) is 0 Å². The molecule has 10 heavy (non-hydrogen) atoms. The molecule has 0 aliphatic carbocycles. The summed E-state index contributed by atoms with van der Waals surface area (Å²) in [6.07, 6.45) is -0.445. The van der Waals surface area contributed by atoms with E-state index in [2.05, 4.69) is 5.73 Å². The number of primary amides is 1. The van der Waals surface area contributed by atoms with Crippen LogP contribution in [0.4, 0.5) is 9.28 Å². The summed E-state index contributed by atoms with van der Waals surface area (Å²) < 4.78 is 12.0. The number of amides is 2. The first kappa shape index (κ1) is 8.67. The highest BCUT2D eigenvalue weighted by molar-refractivity contribution is 5.72. The van der Waals surface area contributed by atoms with Crippen molar-refractivity contribution in [2.45, 2.75) is 6.42 Å². The number of carbonyl (C=O) groups is 2. The average molecular weight is 150 g/mol. The van der Waals surface area contributed by atoms with E-state index in [1.165, 1.54) is 0 Å². The van der Waals surface area contributed by atoms with Gasteiger partial charge in [-0.2, -0.15) is 5.12 Å². The van der Waals surface area contributed by atoms with Crippen LogP contribution in [0.3, 0.4) is 0 Å². The zero-order valence-electron chi connectivity index (χ0n) is 5.08. The predicted molar refractivity (Wildman–Crippen MR) is 29.7 cm³/mol. The number of rotatable bonds is 3. The summed E-state index contributed by atoms with van der Waals surface area (Å²) in [7, 11) is 0. The fraction of sp³-hybridized carbons (Fsp3) is 0.500. The van der Waals surface area contributed by atoms with Gasteiger partial charge in [0.1, 0.15) is 0 Å². The van der Waals surface area contributed by atoms with Crippen LogP contribution in [0.25, 0.3) is 0 Å². The molecule has 0 fully saturated rings. The van der Waals surface area contributed by atoms with Crippen LogP contribution in [0.15, 0.2) is 0 Å². The summed E-state index contributed by atoms with van der Waals surface area (Å²) in [6, 6.07) is -1.28. The van der Waals surface area contributed by atoms with E-state index in [0.717, 1.165) is 0 Å². The molecule has 0 aromatic carbocycles. The normalized spacial score (nSPS) is 8.90. The molecule has 0 rings (SSSR count). The quantitative estimate of drug-likeness (QED) is 0.543. The van der Waals surface area contributed by atoms with E-state index >= 15 is 0 Å². The Morgan fingerprint density at radius 3 is 2.40 bits per heavy atom. The molecule has 2 amide bonds. The molecule has 0 saturated carbocycles. The smallest absolute Gasteiger partial charge is 0.342 e. The lowest BCUT2D eigenvalue weighted by Crippen LogP contribution is -2.30. The summed E-state index contributed by atoms with van der Waals surface area (Å²) in [5.74, 6) is -1.18. The van der Waals surface area contributed by atoms with Crippen molar-refractivity contribution >= 4 is 12.0 Å². The summed E-state index contributed by atoms with van der Waals surface area (Å²) in [5.41, 5.74) is 4.44. The maximum atomic E-state index is 12.0. The molecule has 0 unspecified atom stereocenters. The van der Waals surface area contributed by atoms with Gasteiger partial charge in [-0.05, 0) is 0 Å². The van der Waals surface area contributed by atoms with Gasteiger partial charge in [0, 0.05) is 0 Å². The monoisotopic (exact) mass is 150 g/mol. The van der Waals surface area contributed by atoms with Gasteiger partial charge >= 0.3 is 12.0 Å². The van der Waals surface area contributed by atoms with Crippen molar-refractivity contribution in [2.75, 3.05) is 6.54 Å². The molecule has 0 aliphatic rings. The van der Waals surface area contributed by atoms with Crippen molar-refractivity contribution in [3.05, 3.63) is 0 Å². The van der Waals surface area contributed by atoms with E-state index < -0.39 is 25.0 Å². The minimum absolute atomic E-state index is 0.353. The van der Waals surface area contributed by atoms with Crippen LogP contribution >= 0.6 is 0 Å². The highest BCUT2D eigenvalue weighted by atomic mass is 19.2. The topological polar surface area (TPSA) is 83.6 Å². The SMILES string of the molecule is NC(=O)N(F)CCC(=O)O. The van der Waals surface area contributed by atoms with E-state index in [0.29, 0.717) is 0 Å². The van der Waals surface area contributed by atoms with Gasteiger partial charge in [-0.3, -0.25) is 4.79 Å². The first-order chi connectivity index (χ1) is 4.54. The largest absolute Gasteiger partial charge is 0.481 e. The van der Waals surface area contributed by atoms with E-state index in [4.69, 9.17) is 5.11 Å². The van der Waals surface area contributed by atoms with Crippen molar-refractivity contribution < 1.29 is 19.2 Å². The maximum absolute atomic E-state index is 12.0. The Kier molecular flexibility index (Phi) is 3.16. The third-order valence-corrected chi connectivity index (χ3v) is 0.761. The third kappa shape index (κ3) is 3.65. The van der Waals surface area contributed by atoms with Crippen LogP contribution in [0.5, 0.6) is 0 Å². The molecular formula is C4H7FN2O3. The summed E-state index contributed by atoms with van der Waals surface area (Å²) >= 11 is 0. The number of carbonyl (C=O) groups excluding carboxylic acids is 1. The Labute approximate surface area is 56.2 Å². The molecule has 58 valence electrons. The molecule has 0 radical (unpaired) electrons. The van der Waals surface area contributed by atoms with Crippen molar-refractivity contribution in [3.8, 4) is 0 Å². The number of carboxylic acids is 1. The minimum Gasteiger partial charge on any atom is -0.481 e. The van der Waals surface area contributed by atoms with Crippen molar-refractivity contribution in [3.63, 3.8) is 0 Å². The molecular weight excluding hydrogens is 143 g/mol. The van der Waals surface area contributed by atoms with E-state index in [-0.39, 0.29) is 5.12 Å². The van der Waals surface area contributed by atoms with Crippen molar-refractivity contribution in [2.24, 2.45) is 5.73 Å². The predicted octanol–water partition coefficient (Wildman–Crippen LogP) is -0.274. The van der Waals surface area contributed by atoms with Crippen molar-refractivity contribution in [1.82, 2.24) is 5.12 Å². The number of nitrogens with two attached hydrogens (primary N) is 1. The van der Waals surface area contributed by atoms with Gasteiger partial charge in [0.25, 0.3) is 0 Å². The lowest BCUT2D eigenvalue weighted by Gasteiger charge is -2.04. The number of aliphatic carboxylic acids is 1. The Hall–Kier alpha value is -1.33. The molecule has 0 saturated heterocycles. The lowest BCUT2D eigenvalue weighted by atomic mass is 10.4. The number of nitrogens with zero attached hydrogens (tertiary/aromatic N) is 1. The Balaban J connectivity index is 3.49. The van der Waals surface area contributed by atoms with Crippen LogP contribution in [0.1, 0.15) is 6.42 Å². The minimum atomic E-state index is -1.28. The fourth-order valence-corrected chi connectivity index (χ4v) is 0.304. The van der Waals surface area contributed by atoms with Gasteiger partial charge in [-0.15, -0.1) is 0 Å². The summed E-state index contributed by atoms with van der Waals surface area (Å²) in [6.45, 7) is -0.509. The number of hydrogen-bond acceptors (Lipinski definition) is 2. The highest BCUT2D eigenvalue weighted by Gasteiger charge is 2.08. The van der Waals surface area contributed by atoms with Gasteiger partial charge in [0.15, 0.2) is 0 Å². The van der Waals surface area contributed by atoms with Gasteiger partial charge < -0.3 is 10.8 Å². The second kappa shape index (κ2) is 3.65. The average Bonchev–Trinajstić information content (AvgIpc) is 1.82. The number of halogens is 1. The highest BCUT2D eigenvalue weighted by Crippen LogP contribution is 1.90. The molecule has 5 nitrogen and oxygen atoms in total. The van der Waals surface area contributed by atoms with Crippen LogP contribution in [0, 0.1) is 0 Å². The lowest BCUT2D eigenvalue weighted by molar-refractivity contribution is -0.137. The Morgan fingerprint density at radius 2 is 2.10 bits per heavy atom. The van der Waals surface area contributed by atoms with Crippen LogP contribution in [-0.2, 0) is 4.79 Å². The third-order valence-electron chi connectivity index (χ3n) is 0.761.